The van der Waals surface area contributed by atoms with Crippen molar-refractivity contribution in [3.05, 3.63) is 12.2 Å². The maximum Gasteiger partial charge on any atom is 0.410 e. The predicted octanol–water partition coefficient (Wildman–Crippen LogP) is 2.43. The lowest BCUT2D eigenvalue weighted by molar-refractivity contribution is 0.0145. The van der Waals surface area contributed by atoms with E-state index < -0.39 is 5.60 Å². The molecule has 0 radical (unpaired) electrons. The molecule has 0 bridgehead atoms. The monoisotopic (exact) mass is 493 g/mol. The van der Waals surface area contributed by atoms with Crippen LogP contribution in [0, 0.1) is 0 Å². The number of guanidine groups is 1. The van der Waals surface area contributed by atoms with Gasteiger partial charge in [-0.3, -0.25) is 9.89 Å². The summed E-state index contributed by atoms with van der Waals surface area (Å²) in [5, 5.41) is 6.83. The van der Waals surface area contributed by atoms with Gasteiger partial charge in [-0.15, -0.1) is 24.0 Å². The quantitative estimate of drug-likeness (QED) is 0.203. The number of hydrogen-bond acceptors (Lipinski definition) is 4. The average molecular weight is 493 g/mol. The van der Waals surface area contributed by atoms with Gasteiger partial charge in [-0.1, -0.05) is 12.2 Å². The second kappa shape index (κ2) is 11.7. The first kappa shape index (κ1) is 24.0. The Morgan fingerprint density at radius 3 is 2.37 bits per heavy atom. The molecular formula is C19H36IN5O2. The van der Waals surface area contributed by atoms with Crippen LogP contribution in [-0.4, -0.2) is 79.8 Å². The molecule has 0 aromatic heterocycles. The van der Waals surface area contributed by atoms with Gasteiger partial charge < -0.3 is 20.3 Å². The number of piperazine rings is 1. The second-order valence-corrected chi connectivity index (χ2v) is 7.95. The number of nitrogens with zero attached hydrogens (tertiary/aromatic N) is 3. The molecule has 0 unspecified atom stereocenters. The summed E-state index contributed by atoms with van der Waals surface area (Å²) in [6, 6.07) is 0.474. The van der Waals surface area contributed by atoms with Gasteiger partial charge in [-0.25, -0.2) is 4.79 Å². The Kier molecular flexibility index (Phi) is 10.4. The molecule has 0 spiro atoms. The molecule has 2 aliphatic rings. The fourth-order valence-electron chi connectivity index (χ4n) is 3.11. The van der Waals surface area contributed by atoms with Crippen LogP contribution >= 0.6 is 24.0 Å². The van der Waals surface area contributed by atoms with Crippen molar-refractivity contribution in [3.63, 3.8) is 0 Å². The number of amides is 1. The molecule has 1 saturated heterocycles. The van der Waals surface area contributed by atoms with Crippen LogP contribution in [0.4, 0.5) is 4.79 Å². The van der Waals surface area contributed by atoms with E-state index in [4.69, 9.17) is 4.74 Å². The van der Waals surface area contributed by atoms with E-state index in [0.717, 1.165) is 64.5 Å². The maximum atomic E-state index is 12.1. The minimum atomic E-state index is -0.430. The van der Waals surface area contributed by atoms with E-state index >= 15 is 0 Å². The maximum absolute atomic E-state index is 12.1. The van der Waals surface area contributed by atoms with Crippen LogP contribution in [0.5, 0.6) is 0 Å². The largest absolute Gasteiger partial charge is 0.444 e. The average Bonchev–Trinajstić information content (AvgIpc) is 3.09. The second-order valence-electron chi connectivity index (χ2n) is 7.95. The summed E-state index contributed by atoms with van der Waals surface area (Å²) in [5.74, 6) is 0.883. The van der Waals surface area contributed by atoms with Crippen LogP contribution in [0.3, 0.4) is 0 Å². The molecule has 8 heteroatoms. The van der Waals surface area contributed by atoms with Crippen LogP contribution in [0.25, 0.3) is 0 Å². The molecule has 156 valence electrons. The van der Waals surface area contributed by atoms with Crippen molar-refractivity contribution in [2.24, 2.45) is 4.99 Å². The van der Waals surface area contributed by atoms with E-state index in [0.29, 0.717) is 6.04 Å². The lowest BCUT2D eigenvalue weighted by Crippen LogP contribution is -2.50. The zero-order chi connectivity index (χ0) is 19.0. The summed E-state index contributed by atoms with van der Waals surface area (Å²) in [4.78, 5) is 20.6. The SMILES string of the molecule is CN=C(NCCCN1CCN(C(=O)OC(C)(C)C)CC1)NC1CC=CC1.I. The number of halogens is 1. The molecule has 2 N–H and O–H groups in total. The van der Waals surface area contributed by atoms with Crippen LogP contribution < -0.4 is 10.6 Å². The molecule has 0 aromatic rings. The Morgan fingerprint density at radius 1 is 1.19 bits per heavy atom. The number of hydrogen-bond donors (Lipinski definition) is 2. The van der Waals surface area contributed by atoms with Gasteiger partial charge in [0.2, 0.25) is 0 Å². The van der Waals surface area contributed by atoms with Crippen molar-refractivity contribution in [2.75, 3.05) is 46.3 Å². The molecule has 0 saturated carbocycles. The first-order valence-corrected chi connectivity index (χ1v) is 9.70. The van der Waals surface area contributed by atoms with Gasteiger partial charge in [-0.2, -0.15) is 0 Å². The topological polar surface area (TPSA) is 69.2 Å². The smallest absolute Gasteiger partial charge is 0.410 e. The summed E-state index contributed by atoms with van der Waals surface area (Å²) >= 11 is 0. The van der Waals surface area contributed by atoms with E-state index in [1.165, 1.54) is 0 Å². The first-order chi connectivity index (χ1) is 12.4. The molecule has 1 aliphatic carbocycles. The van der Waals surface area contributed by atoms with E-state index in [-0.39, 0.29) is 30.1 Å². The van der Waals surface area contributed by atoms with Gasteiger partial charge in [-0.05, 0) is 46.6 Å². The number of carbonyl (C=O) groups excluding carboxylic acids is 1. The van der Waals surface area contributed by atoms with Gasteiger partial charge in [0, 0.05) is 45.8 Å². The van der Waals surface area contributed by atoms with Crippen LogP contribution in [0.15, 0.2) is 17.1 Å². The first-order valence-electron chi connectivity index (χ1n) is 9.70. The van der Waals surface area contributed by atoms with Crippen molar-refractivity contribution in [2.45, 2.75) is 51.7 Å². The van der Waals surface area contributed by atoms with E-state index in [2.05, 4.69) is 32.7 Å². The highest BCUT2D eigenvalue weighted by Gasteiger charge is 2.25. The number of rotatable bonds is 5. The number of carbonyl (C=O) groups is 1. The van der Waals surface area contributed by atoms with Crippen molar-refractivity contribution < 1.29 is 9.53 Å². The summed E-state index contributed by atoms with van der Waals surface area (Å²) in [5.41, 5.74) is -0.430. The van der Waals surface area contributed by atoms with Gasteiger partial charge in [0.1, 0.15) is 5.60 Å². The number of ether oxygens (including phenoxy) is 1. The molecule has 1 aliphatic heterocycles. The molecule has 0 aromatic carbocycles. The summed E-state index contributed by atoms with van der Waals surface area (Å²) in [7, 11) is 1.81. The molecule has 1 heterocycles. The molecule has 7 nitrogen and oxygen atoms in total. The van der Waals surface area contributed by atoms with E-state index in [9.17, 15) is 4.79 Å². The Balaban J connectivity index is 0.00000364. The van der Waals surface area contributed by atoms with Gasteiger partial charge >= 0.3 is 6.09 Å². The summed E-state index contributed by atoms with van der Waals surface area (Å²) in [6.45, 7) is 10.9. The van der Waals surface area contributed by atoms with Gasteiger partial charge in [0.05, 0.1) is 0 Å². The fourth-order valence-corrected chi connectivity index (χ4v) is 3.11. The fraction of sp³-hybridized carbons (Fsp3) is 0.789. The standard InChI is InChI=1S/C19H35N5O2.HI/c1-19(2,3)26-18(25)24-14-12-23(13-15-24)11-7-10-21-17(20-4)22-16-8-5-6-9-16;/h5-6,16H,7-15H2,1-4H3,(H2,20,21,22);1H. The Morgan fingerprint density at radius 2 is 1.81 bits per heavy atom. The van der Waals surface area contributed by atoms with E-state index in [1.54, 1.807) is 4.90 Å². The lowest BCUT2D eigenvalue weighted by atomic mass is 10.2. The third-order valence-corrected chi connectivity index (χ3v) is 4.54. The highest BCUT2D eigenvalue weighted by Crippen LogP contribution is 2.12. The lowest BCUT2D eigenvalue weighted by Gasteiger charge is -2.35. The minimum absolute atomic E-state index is 0. The molecule has 1 amide bonds. The Labute approximate surface area is 181 Å². The van der Waals surface area contributed by atoms with Gasteiger partial charge in [0.15, 0.2) is 5.96 Å². The molecule has 0 atom stereocenters. The van der Waals surface area contributed by atoms with Crippen LogP contribution in [0.2, 0.25) is 0 Å². The van der Waals surface area contributed by atoms with E-state index in [1.807, 2.05) is 27.8 Å². The molecule has 2 rings (SSSR count). The van der Waals surface area contributed by atoms with Crippen molar-refractivity contribution in [3.8, 4) is 0 Å². The highest BCUT2D eigenvalue weighted by molar-refractivity contribution is 14.0. The summed E-state index contributed by atoms with van der Waals surface area (Å²) in [6.07, 6.45) is 7.42. The Hall–Kier alpha value is -1.03. The highest BCUT2D eigenvalue weighted by atomic mass is 127. The van der Waals surface area contributed by atoms with Crippen molar-refractivity contribution >= 4 is 36.0 Å². The zero-order valence-corrected chi connectivity index (χ0v) is 19.5. The molecular weight excluding hydrogens is 457 g/mol. The molecule has 27 heavy (non-hydrogen) atoms. The Bertz CT molecular complexity index is 503. The van der Waals surface area contributed by atoms with Crippen molar-refractivity contribution in [1.82, 2.24) is 20.4 Å². The van der Waals surface area contributed by atoms with Gasteiger partial charge in [0.25, 0.3) is 0 Å². The van der Waals surface area contributed by atoms with Crippen molar-refractivity contribution in [1.29, 1.82) is 0 Å². The molecule has 1 fully saturated rings. The normalized spacial score (nSPS) is 19.0. The zero-order valence-electron chi connectivity index (χ0n) is 17.2. The number of aliphatic imine (C=N–C) groups is 1. The van der Waals surface area contributed by atoms with Crippen LogP contribution in [-0.2, 0) is 4.74 Å². The summed E-state index contributed by atoms with van der Waals surface area (Å²) < 4.78 is 5.44. The minimum Gasteiger partial charge on any atom is -0.444 e. The predicted molar refractivity (Wildman–Crippen MR) is 121 cm³/mol. The number of nitrogens with one attached hydrogen (secondary N) is 2. The third kappa shape index (κ3) is 9.14. The van der Waals surface area contributed by atoms with Crippen LogP contribution in [0.1, 0.15) is 40.0 Å². The third-order valence-electron chi connectivity index (χ3n) is 4.54.